The fourth-order valence-electron chi connectivity index (χ4n) is 2.13. The molecule has 0 aromatic heterocycles. The van der Waals surface area contributed by atoms with Crippen LogP contribution >= 0.6 is 0 Å². The van der Waals surface area contributed by atoms with Gasteiger partial charge in [-0.15, -0.1) is 0 Å². The van der Waals surface area contributed by atoms with Crippen molar-refractivity contribution in [1.82, 2.24) is 5.32 Å². The minimum Gasteiger partial charge on any atom is -0.376 e. The molecule has 80 valence electrons. The van der Waals surface area contributed by atoms with E-state index in [1.165, 1.54) is 25.1 Å². The summed E-state index contributed by atoms with van der Waals surface area (Å²) in [6.45, 7) is 4.04. The predicted molar refractivity (Wildman–Crippen MR) is 57.7 cm³/mol. The van der Waals surface area contributed by atoms with E-state index in [1.54, 1.807) is 0 Å². The van der Waals surface area contributed by atoms with Gasteiger partial charge in [0, 0.05) is 19.6 Å². The summed E-state index contributed by atoms with van der Waals surface area (Å²) in [4.78, 5) is 4.57. The summed E-state index contributed by atoms with van der Waals surface area (Å²) in [6, 6.07) is 0.492. The maximum absolute atomic E-state index is 5.52. The van der Waals surface area contributed by atoms with Gasteiger partial charge < -0.3 is 10.1 Å². The molecular formula is C11H20N2O. The number of nitrogens with one attached hydrogen (secondary N) is 1. The smallest absolute Gasteiger partial charge is 0.0966 e. The van der Waals surface area contributed by atoms with Crippen LogP contribution in [-0.2, 0) is 4.74 Å². The van der Waals surface area contributed by atoms with E-state index in [1.807, 2.05) is 0 Å². The second-order valence-electron chi connectivity index (χ2n) is 4.25. The van der Waals surface area contributed by atoms with Crippen molar-refractivity contribution in [3.8, 4) is 0 Å². The highest BCUT2D eigenvalue weighted by Gasteiger charge is 2.24. The van der Waals surface area contributed by atoms with Gasteiger partial charge in [-0.1, -0.05) is 6.42 Å². The molecule has 0 spiro atoms. The Kier molecular flexibility index (Phi) is 3.40. The third-order valence-corrected chi connectivity index (χ3v) is 3.10. The van der Waals surface area contributed by atoms with Gasteiger partial charge in [0.2, 0.25) is 0 Å². The molecule has 2 heterocycles. The van der Waals surface area contributed by atoms with E-state index in [-0.39, 0.29) is 0 Å². The molecule has 2 rings (SSSR count). The van der Waals surface area contributed by atoms with Crippen molar-refractivity contribution in [1.29, 1.82) is 0 Å². The van der Waals surface area contributed by atoms with E-state index in [2.05, 4.69) is 17.2 Å². The SMILES string of the molecule is CC1OCCC1NC1=NCCCCC1. The second-order valence-corrected chi connectivity index (χ2v) is 4.25. The summed E-state index contributed by atoms with van der Waals surface area (Å²) < 4.78 is 5.52. The largest absolute Gasteiger partial charge is 0.376 e. The second kappa shape index (κ2) is 4.78. The van der Waals surface area contributed by atoms with Gasteiger partial charge in [0.05, 0.1) is 18.0 Å². The third-order valence-electron chi connectivity index (χ3n) is 3.10. The zero-order valence-corrected chi connectivity index (χ0v) is 8.96. The van der Waals surface area contributed by atoms with E-state index in [0.717, 1.165) is 26.0 Å². The molecular weight excluding hydrogens is 176 g/mol. The van der Waals surface area contributed by atoms with Crippen molar-refractivity contribution in [2.75, 3.05) is 13.2 Å². The lowest BCUT2D eigenvalue weighted by molar-refractivity contribution is 0.116. The molecule has 0 radical (unpaired) electrons. The quantitative estimate of drug-likeness (QED) is 0.693. The van der Waals surface area contributed by atoms with Crippen molar-refractivity contribution < 1.29 is 4.74 Å². The van der Waals surface area contributed by atoms with E-state index in [4.69, 9.17) is 4.74 Å². The summed E-state index contributed by atoms with van der Waals surface area (Å²) in [5.41, 5.74) is 0. The Hall–Kier alpha value is -0.570. The molecule has 0 aromatic rings. The van der Waals surface area contributed by atoms with Crippen LogP contribution in [0.25, 0.3) is 0 Å². The highest BCUT2D eigenvalue weighted by Crippen LogP contribution is 2.14. The lowest BCUT2D eigenvalue weighted by atomic mass is 10.1. The van der Waals surface area contributed by atoms with Crippen LogP contribution in [0.5, 0.6) is 0 Å². The summed E-state index contributed by atoms with van der Waals surface area (Å²) >= 11 is 0. The first kappa shape index (κ1) is 9.97. The Labute approximate surface area is 85.9 Å². The van der Waals surface area contributed by atoms with Crippen LogP contribution < -0.4 is 5.32 Å². The molecule has 14 heavy (non-hydrogen) atoms. The van der Waals surface area contributed by atoms with Gasteiger partial charge in [0.25, 0.3) is 0 Å². The third kappa shape index (κ3) is 2.47. The Bertz CT molecular complexity index is 215. The molecule has 1 N–H and O–H groups in total. The van der Waals surface area contributed by atoms with Crippen LogP contribution in [0.2, 0.25) is 0 Å². The monoisotopic (exact) mass is 196 g/mol. The van der Waals surface area contributed by atoms with Crippen molar-refractivity contribution in [3.63, 3.8) is 0 Å². The number of hydrogen-bond acceptors (Lipinski definition) is 3. The molecule has 0 amide bonds. The van der Waals surface area contributed by atoms with Crippen LogP contribution in [0.15, 0.2) is 4.99 Å². The van der Waals surface area contributed by atoms with E-state index in [0.29, 0.717) is 12.1 Å². The molecule has 1 fully saturated rings. The lowest BCUT2D eigenvalue weighted by Gasteiger charge is -2.18. The number of aliphatic imine (C=N–C) groups is 1. The normalized spacial score (nSPS) is 33.6. The van der Waals surface area contributed by atoms with E-state index < -0.39 is 0 Å². The predicted octanol–water partition coefficient (Wildman–Crippen LogP) is 1.73. The van der Waals surface area contributed by atoms with Crippen molar-refractivity contribution in [2.45, 2.75) is 51.2 Å². The highest BCUT2D eigenvalue weighted by atomic mass is 16.5. The van der Waals surface area contributed by atoms with Crippen molar-refractivity contribution >= 4 is 5.84 Å². The molecule has 0 aromatic carbocycles. The van der Waals surface area contributed by atoms with Gasteiger partial charge in [0.15, 0.2) is 0 Å². The molecule has 1 saturated heterocycles. The summed E-state index contributed by atoms with van der Waals surface area (Å²) in [5, 5.41) is 3.53. The van der Waals surface area contributed by atoms with E-state index in [9.17, 15) is 0 Å². The molecule has 0 aliphatic carbocycles. The number of hydrogen-bond donors (Lipinski definition) is 1. The molecule has 2 unspecified atom stereocenters. The van der Waals surface area contributed by atoms with Gasteiger partial charge in [-0.25, -0.2) is 0 Å². The van der Waals surface area contributed by atoms with Gasteiger partial charge in [-0.05, 0) is 26.2 Å². The van der Waals surface area contributed by atoms with E-state index >= 15 is 0 Å². The topological polar surface area (TPSA) is 33.6 Å². The summed E-state index contributed by atoms with van der Waals surface area (Å²) in [5.74, 6) is 1.21. The van der Waals surface area contributed by atoms with Crippen LogP contribution in [0.4, 0.5) is 0 Å². The Morgan fingerprint density at radius 2 is 2.29 bits per heavy atom. The average molecular weight is 196 g/mol. The first-order valence-corrected chi connectivity index (χ1v) is 5.78. The zero-order chi connectivity index (χ0) is 9.80. The fraction of sp³-hybridized carbons (Fsp3) is 0.909. The highest BCUT2D eigenvalue weighted by molar-refractivity contribution is 5.82. The van der Waals surface area contributed by atoms with Crippen molar-refractivity contribution in [2.24, 2.45) is 4.99 Å². The maximum Gasteiger partial charge on any atom is 0.0966 e. The Morgan fingerprint density at radius 1 is 1.36 bits per heavy atom. The van der Waals surface area contributed by atoms with Gasteiger partial charge >= 0.3 is 0 Å². The first-order valence-electron chi connectivity index (χ1n) is 5.78. The van der Waals surface area contributed by atoms with Gasteiger partial charge in [-0.2, -0.15) is 0 Å². The number of amidine groups is 1. The lowest BCUT2D eigenvalue weighted by Crippen LogP contribution is -2.39. The molecule has 2 aliphatic rings. The molecule has 2 atom stereocenters. The maximum atomic E-state index is 5.52. The minimum absolute atomic E-state index is 0.348. The minimum atomic E-state index is 0.348. The molecule has 3 heteroatoms. The Balaban J connectivity index is 1.85. The molecule has 3 nitrogen and oxygen atoms in total. The summed E-state index contributed by atoms with van der Waals surface area (Å²) in [7, 11) is 0. The Morgan fingerprint density at radius 3 is 3.07 bits per heavy atom. The average Bonchev–Trinajstić information content (AvgIpc) is 2.44. The van der Waals surface area contributed by atoms with Crippen molar-refractivity contribution in [3.05, 3.63) is 0 Å². The van der Waals surface area contributed by atoms with Crippen LogP contribution in [0, 0.1) is 0 Å². The van der Waals surface area contributed by atoms with Crippen LogP contribution in [0.3, 0.4) is 0 Å². The van der Waals surface area contributed by atoms with Crippen LogP contribution in [0.1, 0.15) is 39.0 Å². The standard InChI is InChI=1S/C11H20N2O/c1-9-10(6-8-14-9)13-11-5-3-2-4-7-12-11/h9-10H,2-8H2,1H3,(H,12,13). The molecule has 2 aliphatic heterocycles. The van der Waals surface area contributed by atoms with Gasteiger partial charge in [0.1, 0.15) is 0 Å². The number of nitrogens with zero attached hydrogens (tertiary/aromatic N) is 1. The molecule has 0 bridgehead atoms. The summed E-state index contributed by atoms with van der Waals surface area (Å²) in [6.07, 6.45) is 6.46. The first-order chi connectivity index (χ1) is 6.86. The fourth-order valence-corrected chi connectivity index (χ4v) is 2.13. The number of ether oxygens (including phenoxy) is 1. The number of rotatable bonds is 1. The molecule has 0 saturated carbocycles. The zero-order valence-electron chi connectivity index (χ0n) is 8.96. The van der Waals surface area contributed by atoms with Crippen LogP contribution in [-0.4, -0.2) is 31.1 Å². The van der Waals surface area contributed by atoms with Gasteiger partial charge in [-0.3, -0.25) is 4.99 Å².